The van der Waals surface area contributed by atoms with Gasteiger partial charge in [0.2, 0.25) is 5.91 Å². The predicted molar refractivity (Wildman–Crippen MR) is 103 cm³/mol. The second-order valence-corrected chi connectivity index (χ2v) is 7.66. The van der Waals surface area contributed by atoms with Crippen molar-refractivity contribution >= 4 is 17.2 Å². The highest BCUT2D eigenvalue weighted by Crippen LogP contribution is 2.19. The number of rotatable bonds is 8. The fourth-order valence-corrected chi connectivity index (χ4v) is 3.14. The van der Waals surface area contributed by atoms with Gasteiger partial charge in [0, 0.05) is 17.3 Å². The summed E-state index contributed by atoms with van der Waals surface area (Å²) in [7, 11) is 0. The second-order valence-electron chi connectivity index (χ2n) is 6.71. The molecule has 0 radical (unpaired) electrons. The van der Waals surface area contributed by atoms with Crippen molar-refractivity contribution < 1.29 is 9.53 Å². The molecular weight excluding hydrogens is 332 g/mol. The molecule has 1 heterocycles. The molecule has 0 bridgehead atoms. The Morgan fingerprint density at radius 3 is 2.52 bits per heavy atom. The Balaban J connectivity index is 1.98. The van der Waals surface area contributed by atoms with E-state index in [1.807, 2.05) is 48.4 Å². The first-order chi connectivity index (χ1) is 11.9. The number of aryl methyl sites for hydroxylation is 1. The van der Waals surface area contributed by atoms with E-state index in [4.69, 9.17) is 4.74 Å². The molecule has 0 fully saturated rings. The van der Waals surface area contributed by atoms with Gasteiger partial charge < -0.3 is 9.64 Å². The second kappa shape index (κ2) is 8.99. The van der Waals surface area contributed by atoms with E-state index in [1.165, 1.54) is 5.56 Å². The van der Waals surface area contributed by atoms with Crippen molar-refractivity contribution in [1.82, 2.24) is 9.88 Å². The molecule has 0 aliphatic rings. The number of carbonyl (C=O) groups excluding carboxylic acids is 1. The van der Waals surface area contributed by atoms with Crippen LogP contribution in [-0.2, 0) is 17.9 Å². The Morgan fingerprint density at radius 2 is 1.92 bits per heavy atom. The summed E-state index contributed by atoms with van der Waals surface area (Å²) >= 11 is 1.58. The Labute approximate surface area is 154 Å². The highest BCUT2D eigenvalue weighted by Gasteiger charge is 2.22. The molecule has 25 heavy (non-hydrogen) atoms. The van der Waals surface area contributed by atoms with E-state index < -0.39 is 0 Å². The first kappa shape index (κ1) is 19.4. The van der Waals surface area contributed by atoms with Crippen molar-refractivity contribution in [3.05, 3.63) is 45.9 Å². The molecule has 2 rings (SSSR count). The Kier molecular flexibility index (Phi) is 7.00. The zero-order valence-corrected chi connectivity index (χ0v) is 16.6. The lowest BCUT2D eigenvalue weighted by Crippen LogP contribution is -2.40. The van der Waals surface area contributed by atoms with Crippen molar-refractivity contribution in [3.63, 3.8) is 0 Å². The van der Waals surface area contributed by atoms with Crippen LogP contribution in [0.3, 0.4) is 0 Å². The van der Waals surface area contributed by atoms with E-state index in [-0.39, 0.29) is 17.9 Å². The van der Waals surface area contributed by atoms with E-state index in [9.17, 15) is 4.79 Å². The van der Waals surface area contributed by atoms with Crippen LogP contribution in [0.25, 0.3) is 0 Å². The van der Waals surface area contributed by atoms with E-state index in [0.717, 1.165) is 22.9 Å². The third-order valence-corrected chi connectivity index (χ3v) is 5.09. The third kappa shape index (κ3) is 5.56. The minimum atomic E-state index is -0.00280. The largest absolute Gasteiger partial charge is 0.486 e. The fourth-order valence-electron chi connectivity index (χ4n) is 2.44. The van der Waals surface area contributed by atoms with Crippen LogP contribution in [0, 0.1) is 12.8 Å². The summed E-state index contributed by atoms with van der Waals surface area (Å²) < 4.78 is 5.79. The first-order valence-electron chi connectivity index (χ1n) is 8.84. The van der Waals surface area contributed by atoms with Gasteiger partial charge in [-0.1, -0.05) is 38.5 Å². The lowest BCUT2D eigenvalue weighted by Gasteiger charge is -2.29. The summed E-state index contributed by atoms with van der Waals surface area (Å²) in [6, 6.07) is 8.21. The van der Waals surface area contributed by atoms with Crippen LogP contribution >= 0.6 is 11.3 Å². The van der Waals surface area contributed by atoms with E-state index in [2.05, 4.69) is 25.8 Å². The summed E-state index contributed by atoms with van der Waals surface area (Å²) in [5.74, 6) is 1.02. The molecule has 1 atom stereocenters. The van der Waals surface area contributed by atoms with Crippen LogP contribution in [-0.4, -0.2) is 21.8 Å². The summed E-state index contributed by atoms with van der Waals surface area (Å²) in [6.07, 6.45) is 0.936. The number of nitrogens with zero attached hydrogens (tertiary/aromatic N) is 2. The van der Waals surface area contributed by atoms with Gasteiger partial charge in [-0.25, -0.2) is 4.98 Å². The highest BCUT2D eigenvalue weighted by molar-refractivity contribution is 7.09. The van der Waals surface area contributed by atoms with Crippen molar-refractivity contribution in [2.45, 2.75) is 60.2 Å². The SMILES string of the molecule is CC[C@H](C)N(Cc1csc(COc2ccc(C)cc2)n1)C(=O)C(C)C. The van der Waals surface area contributed by atoms with Crippen LogP contribution in [0.2, 0.25) is 0 Å². The van der Waals surface area contributed by atoms with Gasteiger partial charge in [0.1, 0.15) is 17.4 Å². The lowest BCUT2D eigenvalue weighted by atomic mass is 10.1. The average Bonchev–Trinajstić information content (AvgIpc) is 3.05. The standard InChI is InChI=1S/C20H28N2O2S/c1-6-16(5)22(20(23)14(2)3)11-17-13-25-19(21-17)12-24-18-9-7-15(4)8-10-18/h7-10,13-14,16H,6,11-12H2,1-5H3/t16-/m0/s1. The molecule has 0 N–H and O–H groups in total. The quantitative estimate of drug-likeness (QED) is 0.678. The number of carbonyl (C=O) groups is 1. The van der Waals surface area contributed by atoms with Gasteiger partial charge in [-0.2, -0.15) is 0 Å². The first-order valence-corrected chi connectivity index (χ1v) is 9.71. The Bertz CT molecular complexity index is 679. The highest BCUT2D eigenvalue weighted by atomic mass is 32.1. The van der Waals surface area contributed by atoms with E-state index in [1.54, 1.807) is 11.3 Å². The van der Waals surface area contributed by atoms with Crippen LogP contribution in [0.5, 0.6) is 5.75 Å². The van der Waals surface area contributed by atoms with E-state index in [0.29, 0.717) is 13.2 Å². The van der Waals surface area contributed by atoms with Crippen molar-refractivity contribution in [1.29, 1.82) is 0 Å². The van der Waals surface area contributed by atoms with Gasteiger partial charge in [0.05, 0.1) is 12.2 Å². The zero-order valence-electron chi connectivity index (χ0n) is 15.8. The molecule has 136 valence electrons. The Hall–Kier alpha value is -1.88. The summed E-state index contributed by atoms with van der Waals surface area (Å²) in [5, 5.41) is 2.95. The molecule has 0 aliphatic carbocycles. The van der Waals surface area contributed by atoms with Crippen LogP contribution < -0.4 is 4.74 Å². The molecule has 0 aliphatic heterocycles. The smallest absolute Gasteiger partial charge is 0.225 e. The fraction of sp³-hybridized carbons (Fsp3) is 0.500. The Morgan fingerprint density at radius 1 is 1.24 bits per heavy atom. The number of amides is 1. The maximum atomic E-state index is 12.5. The number of thiazole rings is 1. The van der Waals surface area contributed by atoms with E-state index >= 15 is 0 Å². The molecule has 1 aromatic carbocycles. The number of hydrogen-bond acceptors (Lipinski definition) is 4. The molecule has 1 amide bonds. The number of ether oxygens (including phenoxy) is 1. The molecule has 4 nitrogen and oxygen atoms in total. The molecule has 0 unspecified atom stereocenters. The van der Waals surface area contributed by atoms with Crippen molar-refractivity contribution in [3.8, 4) is 5.75 Å². The molecule has 0 saturated heterocycles. The number of benzene rings is 1. The average molecular weight is 361 g/mol. The molecule has 0 spiro atoms. The molecule has 1 aromatic heterocycles. The summed E-state index contributed by atoms with van der Waals surface area (Å²) in [4.78, 5) is 19.0. The predicted octanol–water partition coefficient (Wildman–Crippen LogP) is 4.81. The minimum Gasteiger partial charge on any atom is -0.486 e. The normalized spacial score (nSPS) is 12.2. The van der Waals surface area contributed by atoms with Gasteiger partial charge in [-0.15, -0.1) is 11.3 Å². The third-order valence-electron chi connectivity index (χ3n) is 4.21. The van der Waals surface area contributed by atoms with Crippen LogP contribution in [0.4, 0.5) is 0 Å². The van der Waals surface area contributed by atoms with Crippen LogP contribution in [0.1, 0.15) is 50.4 Å². The monoisotopic (exact) mass is 360 g/mol. The lowest BCUT2D eigenvalue weighted by molar-refractivity contribution is -0.137. The summed E-state index contributed by atoms with van der Waals surface area (Å²) in [5.41, 5.74) is 2.14. The maximum Gasteiger partial charge on any atom is 0.225 e. The van der Waals surface area contributed by atoms with Gasteiger partial charge in [0.15, 0.2) is 0 Å². The molecule has 2 aromatic rings. The topological polar surface area (TPSA) is 42.4 Å². The van der Waals surface area contributed by atoms with Gasteiger partial charge >= 0.3 is 0 Å². The maximum absolute atomic E-state index is 12.5. The molecular formula is C20H28N2O2S. The molecule has 0 saturated carbocycles. The van der Waals surface area contributed by atoms with Gasteiger partial charge in [-0.05, 0) is 32.4 Å². The zero-order chi connectivity index (χ0) is 18.4. The van der Waals surface area contributed by atoms with Crippen molar-refractivity contribution in [2.75, 3.05) is 0 Å². The van der Waals surface area contributed by atoms with Crippen LogP contribution in [0.15, 0.2) is 29.6 Å². The minimum absolute atomic E-state index is 0.00280. The number of aromatic nitrogens is 1. The number of hydrogen-bond donors (Lipinski definition) is 0. The van der Waals surface area contributed by atoms with Crippen molar-refractivity contribution in [2.24, 2.45) is 5.92 Å². The van der Waals surface area contributed by atoms with Gasteiger partial charge in [-0.3, -0.25) is 4.79 Å². The summed E-state index contributed by atoms with van der Waals surface area (Å²) in [6.45, 7) is 11.2. The van der Waals surface area contributed by atoms with Gasteiger partial charge in [0.25, 0.3) is 0 Å². The molecule has 5 heteroatoms.